The molecule has 0 saturated carbocycles. The number of hydrogen-bond acceptors (Lipinski definition) is 7. The van der Waals surface area contributed by atoms with E-state index in [2.05, 4.69) is 29.5 Å². The number of fused-ring (bicyclic) bond motifs is 1. The summed E-state index contributed by atoms with van der Waals surface area (Å²) < 4.78 is 11.8. The molecule has 10 heteroatoms. The second-order valence-corrected chi connectivity index (χ2v) is 9.76. The maximum atomic E-state index is 13.2. The van der Waals surface area contributed by atoms with Crippen molar-refractivity contribution in [2.75, 3.05) is 24.9 Å². The van der Waals surface area contributed by atoms with Crippen molar-refractivity contribution in [2.45, 2.75) is 33.2 Å². The molecule has 0 aliphatic heterocycles. The van der Waals surface area contributed by atoms with Gasteiger partial charge in [-0.1, -0.05) is 26.0 Å². The number of thiophene rings is 1. The molecule has 2 aromatic carbocycles. The number of carbonyl (C=O) groups excluding carboxylic acids is 2. The standard InChI is InChI=1S/C27H28N4O5S/c1-15(2)17-6-8-18(9-7-17)29-22(32)13-31-14-28-26-23(27(31)34)16(3)24(37-26)25(33)30-19-10-11-20(35-4)21(12-19)36-5/h6-12,14-15H,13H2,1-5H3,(H,29,32)(H,30,33). The zero-order valence-corrected chi connectivity index (χ0v) is 22.1. The van der Waals surface area contributed by atoms with Gasteiger partial charge in [0.05, 0.1) is 30.8 Å². The van der Waals surface area contributed by atoms with E-state index in [1.165, 1.54) is 30.7 Å². The molecule has 2 heterocycles. The van der Waals surface area contributed by atoms with Crippen LogP contribution in [0.2, 0.25) is 0 Å². The van der Waals surface area contributed by atoms with Crippen molar-refractivity contribution in [2.24, 2.45) is 0 Å². The Balaban J connectivity index is 1.53. The van der Waals surface area contributed by atoms with Crippen LogP contribution in [0.3, 0.4) is 0 Å². The minimum atomic E-state index is -0.380. The van der Waals surface area contributed by atoms with Crippen molar-refractivity contribution in [3.63, 3.8) is 0 Å². The largest absolute Gasteiger partial charge is 0.493 e. The van der Waals surface area contributed by atoms with Crippen LogP contribution in [0.4, 0.5) is 11.4 Å². The van der Waals surface area contributed by atoms with Crippen LogP contribution in [0, 0.1) is 6.92 Å². The van der Waals surface area contributed by atoms with Gasteiger partial charge in [0.15, 0.2) is 11.5 Å². The molecule has 0 spiro atoms. The Labute approximate surface area is 218 Å². The van der Waals surface area contributed by atoms with Crippen molar-refractivity contribution in [1.29, 1.82) is 0 Å². The summed E-state index contributed by atoms with van der Waals surface area (Å²) in [5, 5.41) is 5.95. The van der Waals surface area contributed by atoms with E-state index in [4.69, 9.17) is 9.47 Å². The first-order valence-corrected chi connectivity index (χ1v) is 12.4. The number of methoxy groups -OCH3 is 2. The Morgan fingerprint density at radius 1 is 1.00 bits per heavy atom. The monoisotopic (exact) mass is 520 g/mol. The number of nitrogens with one attached hydrogen (secondary N) is 2. The molecular formula is C27H28N4O5S. The first-order valence-electron chi connectivity index (χ1n) is 11.6. The molecule has 2 amide bonds. The molecule has 0 atom stereocenters. The van der Waals surface area contributed by atoms with E-state index in [9.17, 15) is 14.4 Å². The average Bonchev–Trinajstić information content (AvgIpc) is 3.23. The van der Waals surface area contributed by atoms with Gasteiger partial charge in [-0.05, 0) is 48.2 Å². The SMILES string of the molecule is COc1ccc(NC(=O)c2sc3ncn(CC(=O)Nc4ccc(C(C)C)cc4)c(=O)c3c2C)cc1OC. The van der Waals surface area contributed by atoms with Gasteiger partial charge in [-0.2, -0.15) is 0 Å². The molecule has 0 aliphatic carbocycles. The third-order valence-corrected chi connectivity index (χ3v) is 7.14. The van der Waals surface area contributed by atoms with Crippen molar-refractivity contribution in [3.8, 4) is 11.5 Å². The summed E-state index contributed by atoms with van der Waals surface area (Å²) in [6.45, 7) is 5.70. The van der Waals surface area contributed by atoms with Crippen LogP contribution in [-0.4, -0.2) is 35.6 Å². The van der Waals surface area contributed by atoms with E-state index in [0.29, 0.717) is 49.4 Å². The molecule has 9 nitrogen and oxygen atoms in total. The molecule has 0 bridgehead atoms. The van der Waals surface area contributed by atoms with Gasteiger partial charge in [0.25, 0.3) is 11.5 Å². The van der Waals surface area contributed by atoms with Gasteiger partial charge >= 0.3 is 0 Å². The summed E-state index contributed by atoms with van der Waals surface area (Å²) in [7, 11) is 3.04. The Morgan fingerprint density at radius 2 is 1.68 bits per heavy atom. The van der Waals surface area contributed by atoms with Crippen LogP contribution in [0.25, 0.3) is 10.2 Å². The van der Waals surface area contributed by atoms with E-state index < -0.39 is 0 Å². The summed E-state index contributed by atoms with van der Waals surface area (Å²) in [4.78, 5) is 44.0. The lowest BCUT2D eigenvalue weighted by Crippen LogP contribution is -2.28. The Morgan fingerprint density at radius 3 is 2.32 bits per heavy atom. The Hall–Kier alpha value is -4.18. The summed E-state index contributed by atoms with van der Waals surface area (Å²) in [6, 6.07) is 12.6. The molecule has 0 unspecified atom stereocenters. The number of rotatable bonds is 8. The molecule has 2 N–H and O–H groups in total. The highest BCUT2D eigenvalue weighted by atomic mass is 32.1. The number of ether oxygens (including phenoxy) is 2. The topological polar surface area (TPSA) is 112 Å². The molecular weight excluding hydrogens is 492 g/mol. The predicted molar refractivity (Wildman–Crippen MR) is 145 cm³/mol. The molecule has 0 fully saturated rings. The highest BCUT2D eigenvalue weighted by Crippen LogP contribution is 2.31. The smallest absolute Gasteiger partial charge is 0.266 e. The lowest BCUT2D eigenvalue weighted by Gasteiger charge is -2.10. The average molecular weight is 521 g/mol. The van der Waals surface area contributed by atoms with Gasteiger partial charge < -0.3 is 20.1 Å². The van der Waals surface area contributed by atoms with Crippen LogP contribution >= 0.6 is 11.3 Å². The van der Waals surface area contributed by atoms with Crippen molar-refractivity contribution >= 4 is 44.7 Å². The minimum absolute atomic E-state index is 0.198. The van der Waals surface area contributed by atoms with Crippen LogP contribution in [0.1, 0.15) is 40.6 Å². The number of benzene rings is 2. The van der Waals surface area contributed by atoms with Crippen molar-refractivity contribution in [3.05, 3.63) is 75.1 Å². The second kappa shape index (κ2) is 10.8. The lowest BCUT2D eigenvalue weighted by molar-refractivity contribution is -0.116. The summed E-state index contributed by atoms with van der Waals surface area (Å²) in [5.74, 6) is 0.689. The molecule has 0 radical (unpaired) electrons. The Bertz CT molecular complexity index is 1520. The zero-order chi connectivity index (χ0) is 26.7. The number of carbonyl (C=O) groups is 2. The molecule has 192 valence electrons. The number of nitrogens with zero attached hydrogens (tertiary/aromatic N) is 2. The number of amides is 2. The fourth-order valence-corrected chi connectivity index (χ4v) is 4.93. The predicted octanol–water partition coefficient (Wildman–Crippen LogP) is 4.80. The maximum absolute atomic E-state index is 13.2. The van der Waals surface area contributed by atoms with Gasteiger partial charge in [0, 0.05) is 17.4 Å². The first kappa shape index (κ1) is 25.9. The summed E-state index contributed by atoms with van der Waals surface area (Å²) in [5.41, 5.74) is 2.46. The molecule has 37 heavy (non-hydrogen) atoms. The molecule has 4 rings (SSSR count). The molecule has 0 saturated heterocycles. The molecule has 2 aromatic heterocycles. The number of aromatic nitrogens is 2. The van der Waals surface area contributed by atoms with Crippen molar-refractivity contribution in [1.82, 2.24) is 9.55 Å². The van der Waals surface area contributed by atoms with Crippen LogP contribution in [0.5, 0.6) is 11.5 Å². The lowest BCUT2D eigenvalue weighted by atomic mass is 10.0. The third-order valence-electron chi connectivity index (χ3n) is 5.94. The van der Waals surface area contributed by atoms with Gasteiger partial charge in [-0.3, -0.25) is 19.0 Å². The fraction of sp³-hybridized carbons (Fsp3) is 0.259. The highest BCUT2D eigenvalue weighted by molar-refractivity contribution is 7.20. The van der Waals surface area contributed by atoms with Gasteiger partial charge in [0.2, 0.25) is 5.91 Å². The van der Waals surface area contributed by atoms with E-state index in [1.54, 1.807) is 25.1 Å². The second-order valence-electron chi connectivity index (χ2n) is 8.76. The molecule has 0 aliphatic rings. The zero-order valence-electron chi connectivity index (χ0n) is 21.2. The quantitative estimate of drug-likeness (QED) is 0.345. The van der Waals surface area contributed by atoms with Crippen LogP contribution in [0.15, 0.2) is 53.6 Å². The van der Waals surface area contributed by atoms with Gasteiger partial charge in [-0.15, -0.1) is 11.3 Å². The maximum Gasteiger partial charge on any atom is 0.266 e. The number of anilines is 2. The van der Waals surface area contributed by atoms with E-state index in [0.717, 1.165) is 11.3 Å². The van der Waals surface area contributed by atoms with Crippen LogP contribution in [-0.2, 0) is 11.3 Å². The van der Waals surface area contributed by atoms with E-state index in [-0.39, 0.29) is 23.9 Å². The van der Waals surface area contributed by atoms with Gasteiger partial charge in [-0.25, -0.2) is 4.98 Å². The minimum Gasteiger partial charge on any atom is -0.493 e. The first-order chi connectivity index (χ1) is 17.7. The van der Waals surface area contributed by atoms with Crippen LogP contribution < -0.4 is 25.7 Å². The molecule has 4 aromatic rings. The third kappa shape index (κ3) is 5.49. The number of hydrogen-bond donors (Lipinski definition) is 2. The number of aryl methyl sites for hydroxylation is 1. The fourth-order valence-electron chi connectivity index (χ4n) is 3.90. The van der Waals surface area contributed by atoms with Crippen molar-refractivity contribution < 1.29 is 19.1 Å². The summed E-state index contributed by atoms with van der Waals surface area (Å²) >= 11 is 1.12. The normalized spacial score (nSPS) is 11.0. The van der Waals surface area contributed by atoms with Gasteiger partial charge in [0.1, 0.15) is 11.4 Å². The summed E-state index contributed by atoms with van der Waals surface area (Å²) in [6.07, 6.45) is 1.33. The Kier molecular flexibility index (Phi) is 7.58. The highest BCUT2D eigenvalue weighted by Gasteiger charge is 2.21. The van der Waals surface area contributed by atoms with E-state index >= 15 is 0 Å². The van der Waals surface area contributed by atoms with E-state index in [1.807, 2.05) is 24.3 Å².